The summed E-state index contributed by atoms with van der Waals surface area (Å²) in [5, 5.41) is 12.2. The number of fused-ring (bicyclic) bond motifs is 3. The van der Waals surface area contributed by atoms with E-state index in [0.29, 0.717) is 5.75 Å². The molecule has 2 heteroatoms. The Hall–Kier alpha value is -2.09. The molecule has 0 unspecified atom stereocenters. The third-order valence-corrected chi connectivity index (χ3v) is 6.34. The summed E-state index contributed by atoms with van der Waals surface area (Å²) in [4.78, 5) is 0. The Bertz CT molecular complexity index is 1290. The molecule has 0 amide bonds. The van der Waals surface area contributed by atoms with Gasteiger partial charge in [-0.3, -0.25) is 0 Å². The number of aryl methyl sites for hydroxylation is 1. The van der Waals surface area contributed by atoms with Gasteiger partial charge in [0.15, 0.2) is 0 Å². The van der Waals surface area contributed by atoms with Crippen molar-refractivity contribution in [3.63, 3.8) is 0 Å². The first-order chi connectivity index (χ1) is 16.8. The average Bonchev–Trinajstić information content (AvgIpc) is 3.09. The second kappa shape index (κ2) is 11.8. The molecule has 0 aromatic heterocycles. The largest absolute Gasteiger partial charge is 0.508 e. The molecule has 0 spiro atoms. The topological polar surface area (TPSA) is 20.2 Å². The Morgan fingerprint density at radius 2 is 1.35 bits per heavy atom. The maximum atomic E-state index is 9.36. The van der Waals surface area contributed by atoms with E-state index in [-0.39, 0.29) is 16.2 Å². The van der Waals surface area contributed by atoms with E-state index < -0.39 is 0 Å². The van der Waals surface area contributed by atoms with Gasteiger partial charge in [-0.25, -0.2) is 0 Å². The summed E-state index contributed by atoms with van der Waals surface area (Å²) in [5.74, 6) is 0.361. The fourth-order valence-corrected chi connectivity index (χ4v) is 4.56. The number of hydrogen-bond donors (Lipinski definition) is 1. The normalized spacial score (nSPS) is 12.1. The number of hydrogen-bond acceptors (Lipinski definition) is 1. The summed E-state index contributed by atoms with van der Waals surface area (Å²) >= 11 is 2.08. The summed E-state index contributed by atoms with van der Waals surface area (Å²) in [6.45, 7) is 26.4. The van der Waals surface area contributed by atoms with Gasteiger partial charge >= 0.3 is 37.6 Å². The minimum absolute atomic E-state index is 0.115. The van der Waals surface area contributed by atoms with Crippen molar-refractivity contribution in [3.05, 3.63) is 82.9 Å². The zero-order valence-corrected chi connectivity index (χ0v) is 26.8. The number of aromatic hydroxyl groups is 1. The maximum Gasteiger partial charge on any atom is 0.116 e. The average molecular weight is 532 g/mol. The predicted molar refractivity (Wildman–Crippen MR) is 161 cm³/mol. The van der Waals surface area contributed by atoms with Crippen LogP contribution in [0.4, 0.5) is 0 Å². The Balaban J connectivity index is 0.000000254. The summed E-state index contributed by atoms with van der Waals surface area (Å²) in [7, 11) is 0. The number of phenols is 1. The van der Waals surface area contributed by atoms with Crippen molar-refractivity contribution in [2.45, 2.75) is 99.3 Å². The monoisotopic (exact) mass is 531 g/mol. The molecular weight excluding hydrogens is 484 g/mol. The fraction of sp³-hybridized carbons (Fsp3) is 0.429. The van der Waals surface area contributed by atoms with Crippen molar-refractivity contribution in [3.8, 4) is 16.9 Å². The van der Waals surface area contributed by atoms with E-state index in [9.17, 15) is 5.11 Å². The molecule has 0 fully saturated rings. The molecule has 37 heavy (non-hydrogen) atoms. The van der Waals surface area contributed by atoms with E-state index in [1.807, 2.05) is 13.0 Å². The second-order valence-electron chi connectivity index (χ2n) is 13.5. The molecule has 0 heterocycles. The SMILES string of the molecule is CC(C)(C)c1cccc2c3ccc[c-](C(C)(C)C)c-3cc12.C[C](C)=[Ti+].Cc1cc(O)cc(C(C)(C)C)c1. The van der Waals surface area contributed by atoms with Crippen LogP contribution in [0.1, 0.15) is 98.4 Å². The zero-order chi connectivity index (χ0) is 28.3. The number of benzene rings is 3. The van der Waals surface area contributed by atoms with E-state index in [4.69, 9.17) is 0 Å². The molecule has 1 nitrogen and oxygen atoms in total. The van der Waals surface area contributed by atoms with E-state index >= 15 is 0 Å². The van der Waals surface area contributed by atoms with Crippen molar-refractivity contribution in [1.82, 2.24) is 0 Å². The van der Waals surface area contributed by atoms with Gasteiger partial charge in [-0.1, -0.05) is 97.4 Å². The summed E-state index contributed by atoms with van der Waals surface area (Å²) < 4.78 is 1.42. The third-order valence-electron chi connectivity index (χ3n) is 6.34. The molecule has 0 atom stereocenters. The molecular formula is C35H47OTi. The maximum absolute atomic E-state index is 9.36. The summed E-state index contributed by atoms with van der Waals surface area (Å²) in [5.41, 5.74) is 8.44. The van der Waals surface area contributed by atoms with E-state index in [2.05, 4.69) is 145 Å². The van der Waals surface area contributed by atoms with Crippen LogP contribution in [0.15, 0.2) is 60.7 Å². The van der Waals surface area contributed by atoms with Crippen molar-refractivity contribution in [2.24, 2.45) is 0 Å². The molecule has 0 aliphatic heterocycles. The van der Waals surface area contributed by atoms with Crippen molar-refractivity contribution < 1.29 is 25.1 Å². The standard InChI is InChI=1S/C21H25.C11H16O.C3H6.Ti/c1-20(2,3)18-11-7-9-14-15-10-8-12-19(21(4,5)6)17(15)13-16(14)18;1-8-5-9(11(2,3)4)7-10(12)6-8;1-3-2;/h7-13H,1-6H3;5-7,12H,1-4H3;1-2H3;/q-1;;;+1. The summed E-state index contributed by atoms with van der Waals surface area (Å²) in [6.07, 6.45) is 0. The van der Waals surface area contributed by atoms with E-state index in [1.165, 1.54) is 42.4 Å². The van der Waals surface area contributed by atoms with Crippen LogP contribution in [-0.4, -0.2) is 8.92 Å². The molecule has 2 aromatic rings. The van der Waals surface area contributed by atoms with Gasteiger partial charge in [-0.2, -0.15) is 0 Å². The van der Waals surface area contributed by atoms with Gasteiger partial charge in [0.1, 0.15) is 5.75 Å². The molecule has 0 radical (unpaired) electrons. The fourth-order valence-electron chi connectivity index (χ4n) is 4.56. The Morgan fingerprint density at radius 1 is 0.757 bits per heavy atom. The van der Waals surface area contributed by atoms with Crippen LogP contribution in [0.3, 0.4) is 0 Å². The zero-order valence-electron chi connectivity index (χ0n) is 25.2. The van der Waals surface area contributed by atoms with Crippen LogP contribution in [-0.2, 0) is 36.2 Å². The van der Waals surface area contributed by atoms with E-state index in [0.717, 1.165) is 5.56 Å². The first-order valence-electron chi connectivity index (χ1n) is 13.3. The van der Waals surface area contributed by atoms with Gasteiger partial charge in [0.2, 0.25) is 0 Å². The van der Waals surface area contributed by atoms with Crippen LogP contribution in [0.5, 0.6) is 5.75 Å². The minimum Gasteiger partial charge on any atom is -0.508 e. The summed E-state index contributed by atoms with van der Waals surface area (Å²) in [6, 6.07) is 21.6. The minimum atomic E-state index is 0.115. The van der Waals surface area contributed by atoms with Gasteiger partial charge < -0.3 is 5.11 Å². The van der Waals surface area contributed by atoms with Crippen LogP contribution in [0, 0.1) is 6.92 Å². The van der Waals surface area contributed by atoms with Gasteiger partial charge in [0.25, 0.3) is 0 Å². The third kappa shape index (κ3) is 8.46. The molecule has 0 saturated heterocycles. The quantitative estimate of drug-likeness (QED) is 0.177. The van der Waals surface area contributed by atoms with Gasteiger partial charge in [-0.15, -0.1) is 41.0 Å². The molecule has 2 aliphatic rings. The molecule has 4 rings (SSSR count). The van der Waals surface area contributed by atoms with Gasteiger partial charge in [0.05, 0.1) is 0 Å². The Morgan fingerprint density at radius 3 is 1.84 bits per heavy atom. The molecule has 1 N–H and O–H groups in total. The molecule has 0 saturated carbocycles. The van der Waals surface area contributed by atoms with E-state index in [1.54, 1.807) is 6.07 Å². The first-order valence-corrected chi connectivity index (χ1v) is 14.1. The van der Waals surface area contributed by atoms with Crippen LogP contribution < -0.4 is 0 Å². The van der Waals surface area contributed by atoms with Crippen molar-refractivity contribution in [1.29, 1.82) is 0 Å². The van der Waals surface area contributed by atoms with Crippen molar-refractivity contribution >= 4 is 14.6 Å². The van der Waals surface area contributed by atoms with Crippen LogP contribution in [0.2, 0.25) is 0 Å². The molecule has 197 valence electrons. The second-order valence-corrected chi connectivity index (χ2v) is 15.0. The Kier molecular flexibility index (Phi) is 9.89. The van der Waals surface area contributed by atoms with Crippen molar-refractivity contribution in [2.75, 3.05) is 0 Å². The Labute approximate surface area is 237 Å². The van der Waals surface area contributed by atoms with Gasteiger partial charge in [-0.05, 0) is 52.0 Å². The number of phenolic OH excluding ortho intramolecular Hbond substituents is 1. The molecule has 2 aliphatic carbocycles. The van der Waals surface area contributed by atoms with Crippen LogP contribution in [0.25, 0.3) is 21.9 Å². The smallest absolute Gasteiger partial charge is 0.116 e. The number of rotatable bonds is 0. The van der Waals surface area contributed by atoms with Crippen LogP contribution >= 0.6 is 0 Å². The molecule has 0 bridgehead atoms. The first kappa shape index (κ1) is 31.1. The predicted octanol–water partition coefficient (Wildman–Crippen LogP) is 10.0. The van der Waals surface area contributed by atoms with Gasteiger partial charge in [0, 0.05) is 0 Å². The molecule has 2 aromatic carbocycles.